The minimum atomic E-state index is -0.940. The molecule has 0 N–H and O–H groups in total. The number of amidine groups is 1. The monoisotopic (exact) mass is 520 g/mol. The quantitative estimate of drug-likeness (QED) is 0.525. The maximum Gasteiger partial charge on any atom is 0.234 e. The number of aryl methyl sites for hydroxylation is 1. The van der Waals surface area contributed by atoms with Crippen LogP contribution in [0.1, 0.15) is 29.3 Å². The number of aromatic nitrogens is 2. The number of hydrogen-bond donors (Lipinski definition) is 0. The van der Waals surface area contributed by atoms with Crippen molar-refractivity contribution in [2.75, 3.05) is 24.7 Å². The lowest BCUT2D eigenvalue weighted by Gasteiger charge is -2.50. The molecule has 7 rings (SSSR count). The van der Waals surface area contributed by atoms with Crippen LogP contribution in [0, 0.1) is 12.7 Å². The lowest BCUT2D eigenvalue weighted by molar-refractivity contribution is -0.119. The Balaban J connectivity index is 1.30. The maximum absolute atomic E-state index is 13.7. The summed E-state index contributed by atoms with van der Waals surface area (Å²) >= 11 is 0. The summed E-state index contributed by atoms with van der Waals surface area (Å²) in [6.07, 6.45) is 6.50. The molecule has 190 valence electrons. The Morgan fingerprint density at radius 3 is 2.70 bits per heavy atom. The summed E-state index contributed by atoms with van der Waals surface area (Å²) in [6.45, 7) is 4.94. The summed E-state index contributed by atoms with van der Waals surface area (Å²) in [7, 11) is -0.930. The number of benzene rings is 2. The smallest absolute Gasteiger partial charge is 0.234 e. The molecular weight excluding hydrogens is 495 g/mol. The molecule has 4 aliphatic heterocycles. The lowest BCUT2D eigenvalue weighted by atomic mass is 9.96. The zero-order valence-electron chi connectivity index (χ0n) is 20.4. The van der Waals surface area contributed by atoms with Gasteiger partial charge in [-0.25, -0.2) is 9.37 Å². The molecule has 5 heterocycles. The Hall–Kier alpha value is -3.66. The van der Waals surface area contributed by atoms with Gasteiger partial charge in [-0.05, 0) is 36.8 Å². The largest absolute Gasteiger partial charge is 0.491 e. The third-order valence-electron chi connectivity index (χ3n) is 7.45. The lowest BCUT2D eigenvalue weighted by Crippen LogP contribution is -2.66. The number of ether oxygens (including phenoxy) is 2. The Morgan fingerprint density at radius 1 is 1.16 bits per heavy atom. The average Bonchev–Trinajstić information content (AvgIpc) is 3.59. The van der Waals surface area contributed by atoms with Crippen molar-refractivity contribution in [3.63, 3.8) is 0 Å². The Kier molecular flexibility index (Phi) is 4.82. The first-order valence-electron chi connectivity index (χ1n) is 12.2. The first-order valence-corrected chi connectivity index (χ1v) is 13.7. The van der Waals surface area contributed by atoms with Crippen LogP contribution in [-0.4, -0.2) is 54.8 Å². The number of imidazole rings is 1. The number of rotatable bonds is 3. The van der Waals surface area contributed by atoms with E-state index in [0.717, 1.165) is 40.2 Å². The van der Waals surface area contributed by atoms with Gasteiger partial charge in [-0.1, -0.05) is 23.4 Å². The van der Waals surface area contributed by atoms with Crippen molar-refractivity contribution in [1.29, 1.82) is 0 Å². The zero-order chi connectivity index (χ0) is 25.4. The first kappa shape index (κ1) is 22.5. The summed E-state index contributed by atoms with van der Waals surface area (Å²) in [5, 5.41) is 4.43. The van der Waals surface area contributed by atoms with Gasteiger partial charge in [0.2, 0.25) is 11.6 Å². The molecule has 2 saturated heterocycles. The number of morpholine rings is 1. The normalized spacial score (nSPS) is 28.7. The summed E-state index contributed by atoms with van der Waals surface area (Å²) in [5.74, 6) is 2.53. The number of halogens is 1. The molecule has 2 aromatic carbocycles. The van der Waals surface area contributed by atoms with Gasteiger partial charge in [0.15, 0.2) is 5.76 Å². The summed E-state index contributed by atoms with van der Waals surface area (Å²) < 4.78 is 40.4. The number of oxime groups is 1. The Morgan fingerprint density at radius 2 is 1.97 bits per heavy atom. The molecule has 10 heteroatoms. The van der Waals surface area contributed by atoms with Crippen LogP contribution in [-0.2, 0) is 32.5 Å². The van der Waals surface area contributed by atoms with Crippen LogP contribution in [0.15, 0.2) is 59.8 Å². The van der Waals surface area contributed by atoms with Crippen molar-refractivity contribution in [2.24, 2.45) is 5.16 Å². The molecule has 1 spiro atoms. The van der Waals surface area contributed by atoms with Gasteiger partial charge in [-0.3, -0.25) is 4.21 Å². The van der Waals surface area contributed by atoms with Gasteiger partial charge in [-0.15, -0.1) is 0 Å². The van der Waals surface area contributed by atoms with E-state index in [0.29, 0.717) is 36.3 Å². The standard InChI is InChI=1S/C27H25FN4O4S/c1-17-12-31(16-29-17)22-8-3-18(21-9-10-34-24(21)22)11-23-25-30-36-26(2,19-4-6-20(28)7-5-19)32(25)13-27(35-23)14-37(33)15-27/h3-8,11-12,16H,9-10,13-15H2,1-2H3. The van der Waals surface area contributed by atoms with Crippen molar-refractivity contribution in [2.45, 2.75) is 31.6 Å². The fourth-order valence-corrected chi connectivity index (χ4v) is 6.92. The van der Waals surface area contributed by atoms with Crippen molar-refractivity contribution >= 4 is 22.7 Å². The van der Waals surface area contributed by atoms with Crippen LogP contribution >= 0.6 is 0 Å². The molecule has 0 amide bonds. The highest BCUT2D eigenvalue weighted by Crippen LogP contribution is 2.45. The third-order valence-corrected chi connectivity index (χ3v) is 9.15. The molecule has 1 aromatic heterocycles. The van der Waals surface area contributed by atoms with Gasteiger partial charge >= 0.3 is 0 Å². The molecule has 0 saturated carbocycles. The first-order chi connectivity index (χ1) is 17.8. The molecule has 0 aliphatic carbocycles. The predicted molar refractivity (Wildman–Crippen MR) is 136 cm³/mol. The van der Waals surface area contributed by atoms with E-state index in [2.05, 4.69) is 16.2 Å². The van der Waals surface area contributed by atoms with Gasteiger partial charge in [0.05, 0.1) is 42.4 Å². The van der Waals surface area contributed by atoms with Crippen molar-refractivity contribution < 1.29 is 22.9 Å². The highest BCUT2D eigenvalue weighted by atomic mass is 32.2. The number of fused-ring (bicyclic) bond motifs is 2. The molecule has 37 heavy (non-hydrogen) atoms. The van der Waals surface area contributed by atoms with Crippen LogP contribution in [0.3, 0.4) is 0 Å². The van der Waals surface area contributed by atoms with Crippen molar-refractivity contribution in [1.82, 2.24) is 14.5 Å². The summed E-state index contributed by atoms with van der Waals surface area (Å²) in [6, 6.07) is 10.3. The van der Waals surface area contributed by atoms with E-state index in [9.17, 15) is 8.60 Å². The highest BCUT2D eigenvalue weighted by molar-refractivity contribution is 7.86. The molecule has 1 atom stereocenters. The van der Waals surface area contributed by atoms with Crippen molar-refractivity contribution in [3.8, 4) is 11.4 Å². The minimum Gasteiger partial charge on any atom is -0.491 e. The molecule has 3 aromatic rings. The fourth-order valence-electron chi connectivity index (χ4n) is 5.53. The van der Waals surface area contributed by atoms with Gasteiger partial charge in [-0.2, -0.15) is 0 Å². The van der Waals surface area contributed by atoms with Crippen molar-refractivity contribution in [3.05, 3.63) is 82.9 Å². The molecule has 0 bridgehead atoms. The van der Waals surface area contributed by atoms with Gasteiger partial charge in [0.25, 0.3) is 0 Å². The molecule has 8 nitrogen and oxygen atoms in total. The molecule has 4 aliphatic rings. The molecule has 0 radical (unpaired) electrons. The number of nitrogens with zero attached hydrogens (tertiary/aromatic N) is 4. The summed E-state index contributed by atoms with van der Waals surface area (Å²) in [5.41, 5.74) is 3.17. The van der Waals surface area contributed by atoms with Gasteiger partial charge in [0, 0.05) is 41.5 Å². The van der Waals surface area contributed by atoms with E-state index in [-0.39, 0.29) is 5.82 Å². The summed E-state index contributed by atoms with van der Waals surface area (Å²) in [4.78, 5) is 12.4. The Bertz CT molecular complexity index is 1510. The average molecular weight is 521 g/mol. The van der Waals surface area contributed by atoms with E-state index in [1.165, 1.54) is 12.1 Å². The number of hydrogen-bond acceptors (Lipinski definition) is 7. The molecule has 1 unspecified atom stereocenters. The van der Waals surface area contributed by atoms with Gasteiger partial charge in [0.1, 0.15) is 17.2 Å². The zero-order valence-corrected chi connectivity index (χ0v) is 21.3. The van der Waals surface area contributed by atoms with Crippen LogP contribution in [0.2, 0.25) is 0 Å². The van der Waals surface area contributed by atoms with E-state index in [4.69, 9.17) is 14.3 Å². The third kappa shape index (κ3) is 3.49. The second kappa shape index (κ2) is 7.92. The van der Waals surface area contributed by atoms with Crippen LogP contribution < -0.4 is 4.74 Å². The van der Waals surface area contributed by atoms with Crippen LogP contribution in [0.25, 0.3) is 11.8 Å². The van der Waals surface area contributed by atoms with Gasteiger partial charge < -0.3 is 23.8 Å². The van der Waals surface area contributed by atoms with E-state index < -0.39 is 22.1 Å². The second-order valence-electron chi connectivity index (χ2n) is 10.1. The minimum absolute atomic E-state index is 0.315. The van der Waals surface area contributed by atoms with E-state index >= 15 is 0 Å². The van der Waals surface area contributed by atoms with Crippen LogP contribution in [0.5, 0.6) is 5.75 Å². The topological polar surface area (TPSA) is 78.2 Å². The second-order valence-corrected chi connectivity index (χ2v) is 11.6. The van der Waals surface area contributed by atoms with E-state index in [1.807, 2.05) is 41.7 Å². The molecular formula is C27H25FN4O4S. The SMILES string of the molecule is Cc1cn(-c2ccc(C=C3OC4(CN5C3=NOC5(C)c3ccc(F)cc3)CS(=O)C4)c3c2OCC3)cn1. The molecule has 2 fully saturated rings. The highest BCUT2D eigenvalue weighted by Gasteiger charge is 2.57. The van der Waals surface area contributed by atoms with Crippen LogP contribution in [0.4, 0.5) is 4.39 Å². The maximum atomic E-state index is 13.7. The fraction of sp³-hybridized carbons (Fsp3) is 0.333. The predicted octanol–water partition coefficient (Wildman–Crippen LogP) is 3.65. The Labute approximate surface area is 215 Å². The van der Waals surface area contributed by atoms with E-state index in [1.54, 1.807) is 18.5 Å².